The van der Waals surface area contributed by atoms with Crippen molar-refractivity contribution in [2.75, 3.05) is 0 Å². The number of hydrogen-bond acceptors (Lipinski definition) is 3. The van der Waals surface area contributed by atoms with Crippen LogP contribution in [0, 0.1) is 187 Å². The van der Waals surface area contributed by atoms with Gasteiger partial charge < -0.3 is 18.0 Å². The Kier molecular flexibility index (Phi) is 35.2. The maximum Gasteiger partial charge on any atom is 0.103 e. The molecule has 0 unspecified atom stereocenters. The molecule has 0 saturated carbocycles. The Bertz CT molecular complexity index is 5900. The molecule has 0 fully saturated rings. The first kappa shape index (κ1) is 98.2. The summed E-state index contributed by atoms with van der Waals surface area (Å²) in [5.74, 6) is 3.06. The van der Waals surface area contributed by atoms with Crippen molar-refractivity contribution in [1.29, 1.82) is 0 Å². The van der Waals surface area contributed by atoms with Crippen molar-refractivity contribution in [2.45, 2.75) is 255 Å². The summed E-state index contributed by atoms with van der Waals surface area (Å²) in [5, 5.41) is 16.0. The van der Waals surface area contributed by atoms with E-state index in [1.165, 1.54) is 181 Å². The van der Waals surface area contributed by atoms with E-state index in [1.807, 2.05) is 52.0 Å². The quantitative estimate of drug-likeness (QED) is 0.142. The topological polar surface area (TPSA) is 36.1 Å². The Balaban J connectivity index is 0.000000181. The number of thiophene rings is 1. The second-order valence-electron chi connectivity index (χ2n) is 34.7. The van der Waals surface area contributed by atoms with E-state index in [9.17, 15) is 0 Å². The Morgan fingerprint density at radius 3 is 1.30 bits per heavy atom. The number of hydrogen-bond donors (Lipinski definition) is 0. The van der Waals surface area contributed by atoms with Crippen molar-refractivity contribution in [1.82, 2.24) is 9.13 Å². The van der Waals surface area contributed by atoms with Gasteiger partial charge in [-0.15, -0.1) is 11.3 Å². The van der Waals surface area contributed by atoms with E-state index in [1.54, 1.807) is 47.6 Å². The van der Waals surface area contributed by atoms with Gasteiger partial charge in [0.25, 0.3) is 0 Å². The molecule has 17 rings (SSSR count). The minimum Gasteiger partial charge on any atom is -0.469 e. The predicted octanol–water partition coefficient (Wildman–Crippen LogP) is 30.7. The van der Waals surface area contributed by atoms with Gasteiger partial charge in [0, 0.05) is 42.3 Å². The third-order valence-electron chi connectivity index (χ3n) is 25.5. The maximum atomic E-state index is 5.21. The minimum atomic E-state index is -1.07. The predicted molar refractivity (Wildman–Crippen MR) is 538 cm³/mol. The summed E-state index contributed by atoms with van der Waals surface area (Å²) < 4.78 is 25.6. The Morgan fingerprint density at radius 1 is 0.390 bits per heavy atom. The van der Waals surface area contributed by atoms with Crippen molar-refractivity contribution in [3.05, 3.63) is 319 Å². The molecule has 0 bridgehead atoms. The van der Waals surface area contributed by atoms with Crippen molar-refractivity contribution in [3.63, 3.8) is 0 Å². The van der Waals surface area contributed by atoms with E-state index in [4.69, 9.17) is 8.83 Å². The van der Waals surface area contributed by atoms with Gasteiger partial charge in [-0.1, -0.05) is 70.3 Å². The van der Waals surface area contributed by atoms with E-state index in [2.05, 4.69) is 369 Å². The van der Waals surface area contributed by atoms with Gasteiger partial charge in [-0.3, -0.25) is 0 Å². The number of furan rings is 2. The Labute approximate surface area is 742 Å². The zero-order chi connectivity index (χ0) is 88.3. The average Bonchev–Trinajstić information content (AvgIpc) is 1.62. The number of allylic oxidation sites excluding steroid dienone is 7. The molecule has 15 aromatic rings. The fourth-order valence-electron chi connectivity index (χ4n) is 14.2. The summed E-state index contributed by atoms with van der Waals surface area (Å²) in [6.07, 6.45) is 6.29. The van der Waals surface area contributed by atoms with Crippen LogP contribution in [0.2, 0.25) is 26.2 Å². The van der Waals surface area contributed by atoms with Crippen molar-refractivity contribution >= 4 is 143 Å². The third kappa shape index (κ3) is 24.5. The molecule has 2 aliphatic rings. The first-order valence-corrected chi connectivity index (χ1v) is 55.6. The molecular weight excluding hydrogens is 1750 g/mol. The van der Waals surface area contributed by atoms with E-state index >= 15 is 0 Å². The molecule has 2 aliphatic heterocycles. The molecule has 0 saturated heterocycles. The van der Waals surface area contributed by atoms with Gasteiger partial charge in [0.1, 0.15) is 25.4 Å². The maximum absolute atomic E-state index is 5.21. The summed E-state index contributed by atoms with van der Waals surface area (Å²) in [5.41, 5.74) is 37.7. The van der Waals surface area contributed by atoms with Crippen LogP contribution in [0.1, 0.15) is 191 Å². The van der Waals surface area contributed by atoms with Crippen LogP contribution in [0.15, 0.2) is 179 Å². The van der Waals surface area contributed by atoms with Crippen LogP contribution in [-0.2, 0) is 14.1 Å². The molecule has 11 heterocycles. The molecule has 9 aromatic heterocycles. The molecule has 0 N–H and O–H groups in total. The third-order valence-corrected chi connectivity index (χ3v) is 44.6. The van der Waals surface area contributed by atoms with E-state index < -0.39 is 16.1 Å². The van der Waals surface area contributed by atoms with Gasteiger partial charge in [0.15, 0.2) is 0 Å². The number of rotatable bonds is 0. The first-order chi connectivity index (χ1) is 55.0. The van der Waals surface area contributed by atoms with E-state index in [-0.39, 0.29) is 0 Å². The Hall–Kier alpha value is -6.91. The van der Waals surface area contributed by atoms with Gasteiger partial charge in [-0.2, -0.15) is 0 Å². The number of aryl methyl sites for hydroxylation is 22. The fourth-order valence-corrected chi connectivity index (χ4v) is 29.7. The normalized spacial score (nSPS) is 12.9. The van der Waals surface area contributed by atoms with Crippen LogP contribution in [0.3, 0.4) is 0 Å². The number of fused-ring (bicyclic) bond motifs is 9. The molecule has 6 aromatic carbocycles. The molecule has 0 amide bonds. The number of nitrogens with zero attached hydrogens (tertiary/aromatic N) is 2. The summed E-state index contributed by atoms with van der Waals surface area (Å²) in [6, 6.07) is 38.6. The van der Waals surface area contributed by atoms with E-state index in [0.29, 0.717) is 58.0 Å². The van der Waals surface area contributed by atoms with Gasteiger partial charge in [-0.05, 0) is 207 Å². The van der Waals surface area contributed by atoms with Crippen LogP contribution in [0.5, 0.6) is 0 Å². The molecule has 0 radical (unpaired) electrons. The molecule has 628 valence electrons. The minimum absolute atomic E-state index is 0.506. The number of aromatic nitrogens is 2. The summed E-state index contributed by atoms with van der Waals surface area (Å²) >= 11 is 4.05. The largest absolute Gasteiger partial charge is 0.469 e. The second-order valence-corrected chi connectivity index (χ2v) is 54.0. The molecule has 11 heteroatoms. The fraction of sp³-hybridized carbons (Fsp3) is 0.364. The van der Waals surface area contributed by atoms with Gasteiger partial charge >= 0.3 is 361 Å². The smallest absolute Gasteiger partial charge is 0.103 e. The molecular formula is C107H140N2O2SSe4Si2. The molecule has 0 atom stereocenters. The molecule has 0 spiro atoms. The molecule has 4 nitrogen and oxygen atoms in total. The van der Waals surface area contributed by atoms with Crippen LogP contribution in [-0.4, -0.2) is 83.3 Å². The van der Waals surface area contributed by atoms with Gasteiger partial charge in [0.2, 0.25) is 0 Å². The molecule has 0 aliphatic carbocycles. The second kappa shape index (κ2) is 42.3. The van der Waals surface area contributed by atoms with E-state index in [0.717, 1.165) is 17.3 Å². The van der Waals surface area contributed by atoms with Crippen molar-refractivity contribution < 1.29 is 8.83 Å². The van der Waals surface area contributed by atoms with Crippen LogP contribution >= 0.6 is 11.3 Å². The summed E-state index contributed by atoms with van der Waals surface area (Å²) in [7, 11) is 2.05. The van der Waals surface area contributed by atoms with Crippen LogP contribution in [0.4, 0.5) is 0 Å². The van der Waals surface area contributed by atoms with Crippen LogP contribution in [0.25, 0.3) is 57.9 Å². The van der Waals surface area contributed by atoms with Crippen LogP contribution < -0.4 is 0 Å². The van der Waals surface area contributed by atoms with Crippen molar-refractivity contribution in [3.8, 4) is 0 Å². The van der Waals surface area contributed by atoms with Crippen molar-refractivity contribution in [2.24, 2.45) is 14.1 Å². The SMILES string of the molecule is CC1=CC(C)=C(C)[Si]1(C)C.CC1=C[Si](C)(C)C(C)=C1C.Cc1c[se]c(C)c1C.Cc1cc(C)c(C)o1.Cc1cc(C)n(C)c1C.Cc1ccc2[se]c3cc(C)c(C)cc3c2c1.Cc1ccc2c([se]c3c(C)cccc32)c1C.Cc1ccc2c(c1)[se]c1cc(C)c(C)cc12.Cc1cn(C)c(C)c1C.Cc1coc(C)c1C.Cc1csc(C)c1C. The number of benzene rings is 6. The monoisotopic (exact) mass is 1890 g/mol. The van der Waals surface area contributed by atoms with Gasteiger partial charge in [-0.25, -0.2) is 0 Å². The first-order valence-electron chi connectivity index (χ1n) is 41.7. The zero-order valence-corrected chi connectivity index (χ0v) is 89.2. The molecule has 118 heavy (non-hydrogen) atoms. The average molecular weight is 1890 g/mol. The summed E-state index contributed by atoms with van der Waals surface area (Å²) in [6.45, 7) is 81.1. The zero-order valence-electron chi connectivity index (χ0n) is 79.5. The standard InChI is InChI=1S/3C15H14Se.2C9H16Si.2C8H13N.2C7H10O.C7H10S.C7H10Se/c1-9-4-5-14-12(6-9)13-7-10(2)11(3)8-15(13)16-14;1-9-4-5-12-13-7-10(2)11(3)8-15(13)16-14(12)6-9;1-9-7-8-13-12-6-4-5-10(2)14(12)16-15(13)11(9)3;1-7-6-10(4,5)9(3)8(7)2;1-7-6-8(2)10(4,5)9(7)3;1-6-5-9(4)8(3)7(6)2;1-6-5-7(2)9(4)8(6)3;1-5-4-8-7(3)6(5)2;1-5-4-6(2)8-7(5)3;2*1-5-4-8-7(3)6(5)2/h3*4-8H,1-3H3;2*6H,1-5H3;2*5H,1-4H3;4*4H,1-3H3. The van der Waals surface area contributed by atoms with Gasteiger partial charge in [0.05, 0.1) is 14.3 Å². The summed E-state index contributed by atoms with van der Waals surface area (Å²) in [4.78, 5) is 3.79. The Morgan fingerprint density at radius 2 is 0.941 bits per heavy atom.